The third-order valence-electron chi connectivity index (χ3n) is 3.16. The number of hydrogen-bond acceptors (Lipinski definition) is 4. The molecule has 1 amide bonds. The van der Waals surface area contributed by atoms with E-state index < -0.39 is 0 Å². The van der Waals surface area contributed by atoms with Crippen molar-refractivity contribution in [2.45, 2.75) is 31.4 Å². The van der Waals surface area contributed by atoms with Crippen molar-refractivity contribution >= 4 is 29.3 Å². The van der Waals surface area contributed by atoms with E-state index >= 15 is 0 Å². The highest BCUT2D eigenvalue weighted by atomic mass is 35.5. The zero-order valence-electron chi connectivity index (χ0n) is 10.9. The van der Waals surface area contributed by atoms with Gasteiger partial charge in [-0.3, -0.25) is 4.79 Å². The van der Waals surface area contributed by atoms with Crippen LogP contribution in [0.25, 0.3) is 0 Å². The monoisotopic (exact) mass is 287 g/mol. The Morgan fingerprint density at radius 2 is 2.06 bits per heavy atom. The van der Waals surface area contributed by atoms with E-state index in [2.05, 4.69) is 35.6 Å². The fourth-order valence-electron chi connectivity index (χ4n) is 1.63. The minimum absolute atomic E-state index is 0.0928. The molecule has 0 unspecified atom stereocenters. The fraction of sp³-hybridized carbons (Fsp3) is 0.583. The predicted molar refractivity (Wildman–Crippen MR) is 76.2 cm³/mol. The van der Waals surface area contributed by atoms with Crippen LogP contribution in [0.5, 0.6) is 0 Å². The molecule has 0 radical (unpaired) electrons. The van der Waals surface area contributed by atoms with E-state index in [-0.39, 0.29) is 15.8 Å². The molecule has 0 atom stereocenters. The van der Waals surface area contributed by atoms with Crippen molar-refractivity contribution in [3.8, 4) is 0 Å². The van der Waals surface area contributed by atoms with Crippen LogP contribution in [0.1, 0.15) is 37.2 Å². The quantitative estimate of drug-likeness (QED) is 0.874. The number of thioether (sulfide) groups is 1. The molecule has 0 fully saturated rings. The molecule has 6 heteroatoms. The van der Waals surface area contributed by atoms with Gasteiger partial charge in [0.2, 0.25) is 0 Å². The Morgan fingerprint density at radius 3 is 2.50 bits per heavy atom. The third-order valence-corrected chi connectivity index (χ3v) is 4.95. The highest BCUT2D eigenvalue weighted by Gasteiger charge is 2.25. The summed E-state index contributed by atoms with van der Waals surface area (Å²) >= 11 is 7.41. The molecule has 18 heavy (non-hydrogen) atoms. The maximum absolute atomic E-state index is 11.9. The van der Waals surface area contributed by atoms with Crippen LogP contribution in [-0.2, 0) is 0 Å². The van der Waals surface area contributed by atoms with Gasteiger partial charge >= 0.3 is 0 Å². The average Bonchev–Trinajstić information content (AvgIpc) is 2.41. The van der Waals surface area contributed by atoms with E-state index in [1.165, 1.54) is 0 Å². The SMILES string of the molecule is CCC(CC)(CNC(=O)c1ccc(Cl)nn1)SC. The summed E-state index contributed by atoms with van der Waals surface area (Å²) in [6.07, 6.45) is 4.09. The molecular formula is C12H18ClN3OS. The molecule has 1 N–H and O–H groups in total. The van der Waals surface area contributed by atoms with E-state index in [1.807, 2.05) is 0 Å². The maximum atomic E-state index is 11.9. The summed E-state index contributed by atoms with van der Waals surface area (Å²) < 4.78 is 0.0928. The van der Waals surface area contributed by atoms with Gasteiger partial charge in [0.15, 0.2) is 10.8 Å². The molecule has 0 saturated heterocycles. The van der Waals surface area contributed by atoms with Crippen LogP contribution in [0.4, 0.5) is 0 Å². The second-order valence-electron chi connectivity index (χ2n) is 4.02. The second-order valence-corrected chi connectivity index (χ2v) is 5.68. The lowest BCUT2D eigenvalue weighted by Crippen LogP contribution is -2.39. The van der Waals surface area contributed by atoms with E-state index in [0.29, 0.717) is 12.2 Å². The van der Waals surface area contributed by atoms with Crippen molar-refractivity contribution in [3.05, 3.63) is 23.0 Å². The van der Waals surface area contributed by atoms with Crippen LogP contribution >= 0.6 is 23.4 Å². The van der Waals surface area contributed by atoms with Gasteiger partial charge in [-0.2, -0.15) is 11.8 Å². The van der Waals surface area contributed by atoms with Crippen molar-refractivity contribution in [3.63, 3.8) is 0 Å². The molecule has 1 aromatic heterocycles. The highest BCUT2D eigenvalue weighted by molar-refractivity contribution is 8.00. The maximum Gasteiger partial charge on any atom is 0.271 e. The first kappa shape index (κ1) is 15.2. The van der Waals surface area contributed by atoms with Crippen LogP contribution in [0, 0.1) is 0 Å². The number of rotatable bonds is 6. The first-order valence-corrected chi connectivity index (χ1v) is 7.49. The number of amides is 1. The summed E-state index contributed by atoms with van der Waals surface area (Å²) in [7, 11) is 0. The second kappa shape index (κ2) is 6.95. The van der Waals surface area contributed by atoms with Crippen LogP contribution in [0.2, 0.25) is 5.15 Å². The van der Waals surface area contributed by atoms with Gasteiger partial charge in [0.1, 0.15) is 0 Å². The lowest BCUT2D eigenvalue weighted by molar-refractivity contribution is 0.0943. The molecule has 0 bridgehead atoms. The Morgan fingerprint density at radius 1 is 1.39 bits per heavy atom. The van der Waals surface area contributed by atoms with E-state index in [9.17, 15) is 4.79 Å². The van der Waals surface area contributed by atoms with Crippen molar-refractivity contribution in [2.75, 3.05) is 12.8 Å². The molecule has 0 spiro atoms. The van der Waals surface area contributed by atoms with Gasteiger partial charge in [-0.1, -0.05) is 25.4 Å². The Hall–Kier alpha value is -0.810. The molecule has 1 rings (SSSR count). The first-order valence-electron chi connectivity index (χ1n) is 5.89. The number of aromatic nitrogens is 2. The third kappa shape index (κ3) is 3.85. The minimum atomic E-state index is -0.209. The lowest BCUT2D eigenvalue weighted by Gasteiger charge is -2.29. The average molecular weight is 288 g/mol. The van der Waals surface area contributed by atoms with Gasteiger partial charge in [-0.25, -0.2) is 0 Å². The number of carbonyl (C=O) groups is 1. The van der Waals surface area contributed by atoms with Crippen molar-refractivity contribution in [1.29, 1.82) is 0 Å². The van der Waals surface area contributed by atoms with Crippen LogP contribution in [0.3, 0.4) is 0 Å². The highest BCUT2D eigenvalue weighted by Crippen LogP contribution is 2.29. The molecule has 0 aliphatic heterocycles. The van der Waals surface area contributed by atoms with Crippen molar-refractivity contribution < 1.29 is 4.79 Å². The summed E-state index contributed by atoms with van der Waals surface area (Å²) in [5, 5.41) is 10.6. The van der Waals surface area contributed by atoms with Crippen molar-refractivity contribution in [1.82, 2.24) is 15.5 Å². The molecule has 0 aliphatic rings. The van der Waals surface area contributed by atoms with Crippen LogP contribution in [-0.4, -0.2) is 33.7 Å². The molecule has 4 nitrogen and oxygen atoms in total. The van der Waals surface area contributed by atoms with Crippen LogP contribution in [0.15, 0.2) is 12.1 Å². The van der Waals surface area contributed by atoms with Gasteiger partial charge in [-0.15, -0.1) is 10.2 Å². The molecule has 0 saturated carbocycles. The molecule has 1 heterocycles. The van der Waals surface area contributed by atoms with Gasteiger partial charge < -0.3 is 5.32 Å². The van der Waals surface area contributed by atoms with Gasteiger partial charge in [0, 0.05) is 11.3 Å². The number of nitrogens with one attached hydrogen (secondary N) is 1. The summed E-state index contributed by atoms with van der Waals surface area (Å²) in [6.45, 7) is 4.90. The zero-order chi connectivity index (χ0) is 13.6. The number of carbonyl (C=O) groups excluding carboxylic acids is 1. The molecule has 1 aromatic rings. The topological polar surface area (TPSA) is 54.9 Å². The number of hydrogen-bond donors (Lipinski definition) is 1. The zero-order valence-corrected chi connectivity index (χ0v) is 12.4. The van der Waals surface area contributed by atoms with Gasteiger partial charge in [0.05, 0.1) is 0 Å². The lowest BCUT2D eigenvalue weighted by atomic mass is 10.0. The summed E-state index contributed by atoms with van der Waals surface area (Å²) in [5.41, 5.74) is 0.293. The summed E-state index contributed by atoms with van der Waals surface area (Å²) in [4.78, 5) is 11.9. The largest absolute Gasteiger partial charge is 0.349 e. The Bertz CT molecular complexity index is 385. The molecule has 0 aromatic carbocycles. The Balaban J connectivity index is 2.63. The predicted octanol–water partition coefficient (Wildman–Crippen LogP) is 2.78. The van der Waals surface area contributed by atoms with Crippen molar-refractivity contribution in [2.24, 2.45) is 0 Å². The normalized spacial score (nSPS) is 11.3. The Kier molecular flexibility index (Phi) is 5.88. The van der Waals surface area contributed by atoms with Crippen LogP contribution < -0.4 is 5.32 Å². The molecule has 0 aliphatic carbocycles. The van der Waals surface area contributed by atoms with Gasteiger partial charge in [0.25, 0.3) is 5.91 Å². The number of nitrogens with zero attached hydrogens (tertiary/aromatic N) is 2. The minimum Gasteiger partial charge on any atom is -0.349 e. The molecule has 100 valence electrons. The smallest absolute Gasteiger partial charge is 0.271 e. The first-order chi connectivity index (χ1) is 8.56. The Labute approximate surface area is 117 Å². The molecular weight excluding hydrogens is 270 g/mol. The summed E-state index contributed by atoms with van der Waals surface area (Å²) in [5.74, 6) is -0.209. The van der Waals surface area contributed by atoms with E-state index in [0.717, 1.165) is 12.8 Å². The summed E-state index contributed by atoms with van der Waals surface area (Å²) in [6, 6.07) is 3.13. The number of halogens is 1. The van der Waals surface area contributed by atoms with Gasteiger partial charge in [-0.05, 0) is 31.2 Å². The standard InChI is InChI=1S/C12H18ClN3OS/c1-4-12(5-2,18-3)8-14-11(17)9-6-7-10(13)16-15-9/h6-7H,4-5,8H2,1-3H3,(H,14,17). The van der Waals surface area contributed by atoms with E-state index in [1.54, 1.807) is 23.9 Å². The fourth-order valence-corrected chi connectivity index (χ4v) is 2.52. The van der Waals surface area contributed by atoms with E-state index in [4.69, 9.17) is 11.6 Å².